The van der Waals surface area contributed by atoms with Crippen LogP contribution in [0.25, 0.3) is 0 Å². The predicted octanol–water partition coefficient (Wildman–Crippen LogP) is 8.04. The van der Waals surface area contributed by atoms with Crippen LogP contribution in [0.1, 0.15) is 55.7 Å². The van der Waals surface area contributed by atoms with Gasteiger partial charge in [0.15, 0.2) is 0 Å². The molecular weight excluding hydrogens is 686 g/mol. The van der Waals surface area contributed by atoms with Crippen molar-refractivity contribution in [1.29, 1.82) is 0 Å². The fourth-order valence-corrected chi connectivity index (χ4v) is 7.47. The van der Waals surface area contributed by atoms with Gasteiger partial charge in [0.2, 0.25) is 11.8 Å². The third-order valence-corrected chi connectivity index (χ3v) is 10.6. The van der Waals surface area contributed by atoms with Crippen molar-refractivity contribution in [1.82, 2.24) is 10.2 Å². The van der Waals surface area contributed by atoms with Crippen LogP contribution in [-0.4, -0.2) is 43.8 Å². The Kier molecular flexibility index (Phi) is 11.6. The Labute approximate surface area is 281 Å². The summed E-state index contributed by atoms with van der Waals surface area (Å²) < 4.78 is 70.3. The van der Waals surface area contributed by atoms with Crippen LogP contribution in [0.5, 0.6) is 0 Å². The van der Waals surface area contributed by atoms with Crippen LogP contribution in [0.15, 0.2) is 65.6 Å². The summed E-state index contributed by atoms with van der Waals surface area (Å²) in [5, 5.41) is 2.92. The Hall–Kier alpha value is -2.99. The van der Waals surface area contributed by atoms with E-state index in [0.717, 1.165) is 43.4 Å². The Morgan fingerprint density at radius 2 is 1.61 bits per heavy atom. The van der Waals surface area contributed by atoms with Gasteiger partial charge in [-0.3, -0.25) is 13.9 Å². The highest BCUT2D eigenvalue weighted by Crippen LogP contribution is 2.38. The van der Waals surface area contributed by atoms with E-state index < -0.39 is 56.9 Å². The smallest absolute Gasteiger partial charge is 0.352 e. The maximum Gasteiger partial charge on any atom is 0.417 e. The van der Waals surface area contributed by atoms with Gasteiger partial charge in [-0.1, -0.05) is 78.3 Å². The first kappa shape index (κ1) is 35.9. The second-order valence-electron chi connectivity index (χ2n) is 11.2. The molecule has 3 aromatic rings. The van der Waals surface area contributed by atoms with Crippen molar-refractivity contribution in [2.75, 3.05) is 10.8 Å². The number of rotatable bonds is 11. The van der Waals surface area contributed by atoms with Gasteiger partial charge in [0.1, 0.15) is 12.6 Å². The quantitative estimate of drug-likeness (QED) is 0.218. The third-order valence-electron chi connectivity index (χ3n) is 7.87. The highest BCUT2D eigenvalue weighted by atomic mass is 35.5. The van der Waals surface area contributed by atoms with Gasteiger partial charge in [-0.2, -0.15) is 13.2 Å². The van der Waals surface area contributed by atoms with Crippen molar-refractivity contribution >= 4 is 62.3 Å². The van der Waals surface area contributed by atoms with Gasteiger partial charge in [0.25, 0.3) is 10.0 Å². The van der Waals surface area contributed by atoms with Crippen LogP contribution in [0, 0.1) is 6.92 Å². The molecule has 7 nitrogen and oxygen atoms in total. The maximum absolute atomic E-state index is 14.3. The molecule has 3 aromatic carbocycles. The van der Waals surface area contributed by atoms with E-state index in [1.807, 2.05) is 0 Å². The molecule has 1 aliphatic rings. The molecule has 14 heteroatoms. The monoisotopic (exact) mass is 717 g/mol. The lowest BCUT2D eigenvalue weighted by Crippen LogP contribution is -2.53. The van der Waals surface area contributed by atoms with Gasteiger partial charge in [-0.15, -0.1) is 0 Å². The summed E-state index contributed by atoms with van der Waals surface area (Å²) in [5.74, 6) is -1.26. The first-order valence-corrected chi connectivity index (χ1v) is 17.2. The van der Waals surface area contributed by atoms with Gasteiger partial charge < -0.3 is 10.2 Å². The number of alkyl halides is 3. The number of aryl methyl sites for hydroxylation is 1. The second-order valence-corrected chi connectivity index (χ2v) is 14.3. The lowest BCUT2D eigenvalue weighted by atomic mass is 10.1. The summed E-state index contributed by atoms with van der Waals surface area (Å²) in [4.78, 5) is 28.8. The van der Waals surface area contributed by atoms with E-state index in [9.17, 15) is 31.2 Å². The molecule has 1 saturated carbocycles. The minimum Gasteiger partial charge on any atom is -0.352 e. The number of nitrogens with zero attached hydrogens (tertiary/aromatic N) is 2. The van der Waals surface area contributed by atoms with E-state index in [1.54, 1.807) is 26.0 Å². The van der Waals surface area contributed by atoms with Crippen LogP contribution in [0.2, 0.25) is 15.1 Å². The number of sulfonamides is 1. The van der Waals surface area contributed by atoms with Crippen molar-refractivity contribution in [3.8, 4) is 0 Å². The van der Waals surface area contributed by atoms with Gasteiger partial charge in [-0.05, 0) is 74.2 Å². The second kappa shape index (κ2) is 14.8. The van der Waals surface area contributed by atoms with E-state index in [2.05, 4.69) is 5.32 Å². The summed E-state index contributed by atoms with van der Waals surface area (Å²) >= 11 is 18.3. The van der Waals surface area contributed by atoms with E-state index in [0.29, 0.717) is 21.0 Å². The zero-order valence-electron chi connectivity index (χ0n) is 25.1. The summed E-state index contributed by atoms with van der Waals surface area (Å²) in [6, 6.07) is 11.8. The highest BCUT2D eigenvalue weighted by molar-refractivity contribution is 7.92. The standard InChI is InChI=1S/C32H33Cl3F3N3O4S/c1-3-29(31(43)39-23-6-4-5-7-23)40(18-21-10-11-22(33)16-28(21)35)30(42)19-41(46(44,45)25-13-8-20(2)9-14-25)24-12-15-27(34)26(17-24)32(36,37)38/h8-17,23,29H,3-7,18-19H2,1-2H3,(H,39,43)/t29-/m0/s1. The van der Waals surface area contributed by atoms with Crippen LogP contribution in [0.4, 0.5) is 18.9 Å². The third kappa shape index (κ3) is 8.48. The molecule has 1 aliphatic carbocycles. The Bertz CT molecular complexity index is 1680. The molecule has 0 bridgehead atoms. The number of hydrogen-bond donors (Lipinski definition) is 1. The molecule has 0 heterocycles. The lowest BCUT2D eigenvalue weighted by molar-refractivity contribution is -0.140. The van der Waals surface area contributed by atoms with Crippen molar-refractivity contribution in [3.63, 3.8) is 0 Å². The van der Waals surface area contributed by atoms with Crippen molar-refractivity contribution in [2.45, 2.75) is 75.7 Å². The number of carbonyl (C=O) groups is 2. The highest BCUT2D eigenvalue weighted by Gasteiger charge is 2.37. The summed E-state index contributed by atoms with van der Waals surface area (Å²) in [5.41, 5.74) is -0.517. The average molecular weight is 719 g/mol. The van der Waals surface area contributed by atoms with Crippen LogP contribution in [0.3, 0.4) is 0 Å². The van der Waals surface area contributed by atoms with Gasteiger partial charge in [0.05, 0.1) is 21.2 Å². The molecule has 2 amide bonds. The number of nitrogens with one attached hydrogen (secondary N) is 1. The Morgan fingerprint density at radius 1 is 0.957 bits per heavy atom. The molecule has 0 radical (unpaired) electrons. The van der Waals surface area contributed by atoms with Gasteiger partial charge in [-0.25, -0.2) is 8.42 Å². The van der Waals surface area contributed by atoms with Crippen LogP contribution < -0.4 is 9.62 Å². The number of benzene rings is 3. The Morgan fingerprint density at radius 3 is 2.20 bits per heavy atom. The molecule has 4 rings (SSSR count). The molecule has 0 unspecified atom stereocenters. The summed E-state index contributed by atoms with van der Waals surface area (Å²) in [6.07, 6.45) is -1.24. The first-order valence-electron chi connectivity index (χ1n) is 14.6. The van der Waals surface area contributed by atoms with Crippen molar-refractivity contribution < 1.29 is 31.2 Å². The molecule has 0 spiro atoms. The number of anilines is 1. The average Bonchev–Trinajstić information content (AvgIpc) is 3.49. The van der Waals surface area contributed by atoms with E-state index >= 15 is 0 Å². The predicted molar refractivity (Wildman–Crippen MR) is 174 cm³/mol. The molecule has 248 valence electrons. The largest absolute Gasteiger partial charge is 0.417 e. The number of halogens is 6. The molecule has 0 aliphatic heterocycles. The molecular formula is C32H33Cl3F3N3O4S. The zero-order chi connectivity index (χ0) is 33.8. The summed E-state index contributed by atoms with van der Waals surface area (Å²) in [6.45, 7) is 2.33. The number of amides is 2. The maximum atomic E-state index is 14.3. The van der Waals surface area contributed by atoms with Crippen LogP contribution in [-0.2, 0) is 32.3 Å². The van der Waals surface area contributed by atoms with E-state index in [4.69, 9.17) is 34.8 Å². The fraction of sp³-hybridized carbons (Fsp3) is 0.375. The minimum absolute atomic E-state index is 0.0640. The molecule has 46 heavy (non-hydrogen) atoms. The summed E-state index contributed by atoms with van der Waals surface area (Å²) in [7, 11) is -4.60. The zero-order valence-corrected chi connectivity index (χ0v) is 28.2. The molecule has 1 atom stereocenters. The number of carbonyl (C=O) groups excluding carboxylic acids is 2. The first-order chi connectivity index (χ1) is 21.6. The Balaban J connectivity index is 1.80. The molecule has 1 N–H and O–H groups in total. The van der Waals surface area contributed by atoms with Crippen molar-refractivity contribution in [3.05, 3.63) is 92.4 Å². The normalized spacial score (nSPS) is 14.6. The van der Waals surface area contributed by atoms with Gasteiger partial charge >= 0.3 is 6.18 Å². The minimum atomic E-state index is -4.90. The lowest BCUT2D eigenvalue weighted by Gasteiger charge is -2.34. The topological polar surface area (TPSA) is 86.8 Å². The van der Waals surface area contributed by atoms with Gasteiger partial charge in [0, 0.05) is 22.6 Å². The van der Waals surface area contributed by atoms with Crippen LogP contribution >= 0.6 is 34.8 Å². The van der Waals surface area contributed by atoms with E-state index in [1.165, 1.54) is 35.2 Å². The van der Waals surface area contributed by atoms with E-state index in [-0.39, 0.29) is 28.9 Å². The number of hydrogen-bond acceptors (Lipinski definition) is 4. The fourth-order valence-electron chi connectivity index (χ4n) is 5.37. The molecule has 0 saturated heterocycles. The SMILES string of the molecule is CC[C@@H](C(=O)NC1CCCC1)N(Cc1ccc(Cl)cc1Cl)C(=O)CN(c1ccc(Cl)c(C(F)(F)F)c1)S(=O)(=O)c1ccc(C)cc1. The molecule has 0 aromatic heterocycles. The molecule has 1 fully saturated rings. The van der Waals surface area contributed by atoms with Crippen molar-refractivity contribution in [2.24, 2.45) is 0 Å².